The molecule has 1 amide bonds. The minimum atomic E-state index is -0.141. The quantitative estimate of drug-likeness (QED) is 0.782. The molecule has 2 aromatic rings. The standard InChI is InChI=1S/C22H23N3O4/c23-12-16-9-14(1-2-20(16)29-18-4-7-28-8-5-18)15-3-6-24-21(11-15)25-22(27)19-10-17(19)13-26/h1-3,6,9,11,17-19,26H,4-5,7-8,10,13H2,(H,24,25,27)/t17-,19+/m0/s1. The summed E-state index contributed by atoms with van der Waals surface area (Å²) in [6.07, 6.45) is 4.04. The number of aliphatic hydroxyl groups excluding tert-OH is 1. The molecule has 0 spiro atoms. The van der Waals surface area contributed by atoms with Crippen molar-refractivity contribution in [1.29, 1.82) is 5.26 Å². The van der Waals surface area contributed by atoms with Gasteiger partial charge in [0.05, 0.1) is 18.8 Å². The SMILES string of the molecule is N#Cc1cc(-c2ccnc(NC(=O)[C@@H]3C[C@H]3CO)c2)ccc1OC1CCOCC1. The van der Waals surface area contributed by atoms with Crippen molar-refractivity contribution in [3.8, 4) is 22.9 Å². The van der Waals surface area contributed by atoms with Crippen LogP contribution in [0.3, 0.4) is 0 Å². The van der Waals surface area contributed by atoms with E-state index in [0.29, 0.717) is 36.8 Å². The second-order valence-electron chi connectivity index (χ2n) is 7.46. The highest BCUT2D eigenvalue weighted by Gasteiger charge is 2.42. The Labute approximate surface area is 169 Å². The highest BCUT2D eigenvalue weighted by Crippen LogP contribution is 2.38. The van der Waals surface area contributed by atoms with Crippen LogP contribution in [0.4, 0.5) is 5.82 Å². The van der Waals surface area contributed by atoms with Crippen LogP contribution in [-0.2, 0) is 9.53 Å². The molecule has 29 heavy (non-hydrogen) atoms. The van der Waals surface area contributed by atoms with Gasteiger partial charge in [0.25, 0.3) is 0 Å². The zero-order valence-electron chi connectivity index (χ0n) is 16.0. The van der Waals surface area contributed by atoms with Crippen molar-refractivity contribution in [3.05, 3.63) is 42.1 Å². The number of nitriles is 1. The summed E-state index contributed by atoms with van der Waals surface area (Å²) in [6, 6.07) is 11.3. The number of hydrogen-bond donors (Lipinski definition) is 2. The summed E-state index contributed by atoms with van der Waals surface area (Å²) < 4.78 is 11.4. The summed E-state index contributed by atoms with van der Waals surface area (Å²) in [7, 11) is 0. The predicted octanol–water partition coefficient (Wildman–Crippen LogP) is 2.74. The zero-order valence-corrected chi connectivity index (χ0v) is 16.0. The van der Waals surface area contributed by atoms with Gasteiger partial charge in [-0.1, -0.05) is 6.07 Å². The van der Waals surface area contributed by atoms with Gasteiger partial charge in [0.2, 0.25) is 5.91 Å². The maximum atomic E-state index is 12.2. The lowest BCUT2D eigenvalue weighted by Crippen LogP contribution is -2.26. The Kier molecular flexibility index (Phi) is 5.74. The molecule has 1 saturated carbocycles. The van der Waals surface area contributed by atoms with Crippen molar-refractivity contribution in [2.45, 2.75) is 25.4 Å². The number of rotatable bonds is 6. The number of benzene rings is 1. The fourth-order valence-electron chi connectivity index (χ4n) is 3.54. The molecule has 0 bridgehead atoms. The van der Waals surface area contributed by atoms with Crippen LogP contribution in [0.25, 0.3) is 11.1 Å². The molecule has 4 rings (SSSR count). The summed E-state index contributed by atoms with van der Waals surface area (Å²) in [5.74, 6) is 0.829. The van der Waals surface area contributed by atoms with Gasteiger partial charge in [-0.3, -0.25) is 4.79 Å². The first-order valence-electron chi connectivity index (χ1n) is 9.84. The molecule has 0 unspecified atom stereocenters. The van der Waals surface area contributed by atoms with Crippen LogP contribution in [0.5, 0.6) is 5.75 Å². The molecule has 2 atom stereocenters. The Hall–Kier alpha value is -2.95. The van der Waals surface area contributed by atoms with Crippen molar-refractivity contribution in [2.75, 3.05) is 25.1 Å². The molecule has 1 aliphatic heterocycles. The molecule has 150 valence electrons. The summed E-state index contributed by atoms with van der Waals surface area (Å²) in [6.45, 7) is 1.39. The smallest absolute Gasteiger partial charge is 0.229 e. The first-order chi connectivity index (χ1) is 14.2. The molecule has 2 N–H and O–H groups in total. The molecule has 2 heterocycles. The Morgan fingerprint density at radius 3 is 2.79 bits per heavy atom. The Bertz CT molecular complexity index is 934. The van der Waals surface area contributed by atoms with Crippen molar-refractivity contribution in [2.24, 2.45) is 11.8 Å². The molecule has 7 heteroatoms. The Balaban J connectivity index is 1.49. The van der Waals surface area contributed by atoms with Crippen LogP contribution in [-0.4, -0.2) is 41.9 Å². The van der Waals surface area contributed by atoms with Gasteiger partial charge in [0, 0.05) is 31.6 Å². The number of carbonyl (C=O) groups is 1. The first-order valence-corrected chi connectivity index (χ1v) is 9.84. The number of aliphatic hydroxyl groups is 1. The van der Waals surface area contributed by atoms with Crippen molar-refractivity contribution in [1.82, 2.24) is 4.98 Å². The molecule has 1 saturated heterocycles. The van der Waals surface area contributed by atoms with Gasteiger partial charge < -0.3 is 19.9 Å². The van der Waals surface area contributed by atoms with E-state index in [0.717, 1.165) is 24.0 Å². The molecule has 1 aliphatic carbocycles. The fraction of sp³-hybridized carbons (Fsp3) is 0.409. The normalized spacial score (nSPS) is 21.2. The highest BCUT2D eigenvalue weighted by atomic mass is 16.5. The molecule has 2 fully saturated rings. The predicted molar refractivity (Wildman–Crippen MR) is 106 cm³/mol. The second kappa shape index (κ2) is 8.60. The van der Waals surface area contributed by atoms with Gasteiger partial charge in [-0.05, 0) is 47.7 Å². The summed E-state index contributed by atoms with van der Waals surface area (Å²) in [5, 5.41) is 21.5. The largest absolute Gasteiger partial charge is 0.489 e. The van der Waals surface area contributed by atoms with E-state index in [1.165, 1.54) is 0 Å². The number of aromatic nitrogens is 1. The number of pyridine rings is 1. The monoisotopic (exact) mass is 393 g/mol. The topological polar surface area (TPSA) is 104 Å². The van der Waals surface area contributed by atoms with Gasteiger partial charge in [-0.25, -0.2) is 4.98 Å². The number of ether oxygens (including phenoxy) is 2. The summed E-state index contributed by atoms with van der Waals surface area (Å²) in [5.41, 5.74) is 2.16. The molecule has 0 radical (unpaired) electrons. The Morgan fingerprint density at radius 1 is 1.28 bits per heavy atom. The van der Waals surface area contributed by atoms with Crippen LogP contribution >= 0.6 is 0 Å². The molecular formula is C22H23N3O4. The maximum Gasteiger partial charge on any atom is 0.229 e. The number of hydrogen-bond acceptors (Lipinski definition) is 6. The summed E-state index contributed by atoms with van der Waals surface area (Å²) >= 11 is 0. The van der Waals surface area contributed by atoms with E-state index >= 15 is 0 Å². The molecule has 7 nitrogen and oxygen atoms in total. The Morgan fingerprint density at radius 2 is 2.07 bits per heavy atom. The minimum absolute atomic E-state index is 0.0325. The van der Waals surface area contributed by atoms with Crippen LogP contribution < -0.4 is 10.1 Å². The molecular weight excluding hydrogens is 370 g/mol. The van der Waals surface area contributed by atoms with E-state index in [2.05, 4.69) is 16.4 Å². The van der Waals surface area contributed by atoms with Gasteiger partial charge in [-0.2, -0.15) is 5.26 Å². The number of carbonyl (C=O) groups excluding carboxylic acids is 1. The van der Waals surface area contributed by atoms with Crippen LogP contribution in [0, 0.1) is 23.2 Å². The van der Waals surface area contributed by atoms with E-state index in [9.17, 15) is 10.1 Å². The minimum Gasteiger partial charge on any atom is -0.489 e. The number of nitrogens with one attached hydrogen (secondary N) is 1. The lowest BCUT2D eigenvalue weighted by Gasteiger charge is -2.23. The maximum absolute atomic E-state index is 12.2. The van der Waals surface area contributed by atoms with Gasteiger partial charge in [0.1, 0.15) is 23.7 Å². The number of anilines is 1. The zero-order chi connectivity index (χ0) is 20.2. The van der Waals surface area contributed by atoms with Gasteiger partial charge in [-0.15, -0.1) is 0 Å². The van der Waals surface area contributed by atoms with Crippen LogP contribution in [0.1, 0.15) is 24.8 Å². The number of amides is 1. The van der Waals surface area contributed by atoms with E-state index < -0.39 is 0 Å². The average Bonchev–Trinajstić information content (AvgIpc) is 3.55. The van der Waals surface area contributed by atoms with Crippen molar-refractivity contribution in [3.63, 3.8) is 0 Å². The molecule has 2 aliphatic rings. The first kappa shape index (κ1) is 19.4. The third-order valence-electron chi connectivity index (χ3n) is 5.40. The van der Waals surface area contributed by atoms with Crippen LogP contribution in [0.15, 0.2) is 36.5 Å². The van der Waals surface area contributed by atoms with Crippen molar-refractivity contribution >= 4 is 11.7 Å². The third-order valence-corrected chi connectivity index (χ3v) is 5.40. The van der Waals surface area contributed by atoms with Crippen LogP contribution in [0.2, 0.25) is 0 Å². The third kappa shape index (κ3) is 4.56. The van der Waals surface area contributed by atoms with E-state index in [-0.39, 0.29) is 30.5 Å². The van der Waals surface area contributed by atoms with E-state index in [4.69, 9.17) is 14.6 Å². The molecule has 1 aromatic carbocycles. The average molecular weight is 393 g/mol. The fourth-order valence-corrected chi connectivity index (χ4v) is 3.54. The number of nitrogens with zero attached hydrogens (tertiary/aromatic N) is 2. The van der Waals surface area contributed by atoms with E-state index in [1.807, 2.05) is 18.2 Å². The van der Waals surface area contributed by atoms with E-state index in [1.54, 1.807) is 18.3 Å². The van der Waals surface area contributed by atoms with Gasteiger partial charge in [0.15, 0.2) is 0 Å². The lowest BCUT2D eigenvalue weighted by molar-refractivity contribution is -0.117. The van der Waals surface area contributed by atoms with Gasteiger partial charge >= 0.3 is 0 Å². The molecule has 1 aromatic heterocycles. The highest BCUT2D eigenvalue weighted by molar-refractivity contribution is 5.94. The van der Waals surface area contributed by atoms with Crippen molar-refractivity contribution < 1.29 is 19.4 Å². The second-order valence-corrected chi connectivity index (χ2v) is 7.46. The summed E-state index contributed by atoms with van der Waals surface area (Å²) in [4.78, 5) is 16.4. The lowest BCUT2D eigenvalue weighted by atomic mass is 10.0.